The highest BCUT2D eigenvalue weighted by Crippen LogP contribution is 2.33. The third-order valence-electron chi connectivity index (χ3n) is 3.56. The number of quaternary nitrogens is 1. The summed E-state index contributed by atoms with van der Waals surface area (Å²) in [6.07, 6.45) is -1.17. The van der Waals surface area contributed by atoms with Gasteiger partial charge in [0, 0.05) is 5.69 Å². The molecule has 0 fully saturated rings. The fourth-order valence-electron chi connectivity index (χ4n) is 2.36. The third-order valence-corrected chi connectivity index (χ3v) is 3.56. The van der Waals surface area contributed by atoms with E-state index >= 15 is 0 Å². The van der Waals surface area contributed by atoms with Gasteiger partial charge in [0.1, 0.15) is 17.7 Å². The molecule has 1 unspecified atom stereocenters. The predicted molar refractivity (Wildman–Crippen MR) is 84.0 cm³/mol. The zero-order chi connectivity index (χ0) is 17.4. The van der Waals surface area contributed by atoms with Crippen LogP contribution in [0.1, 0.15) is 5.56 Å². The molecule has 0 amide bonds. The van der Waals surface area contributed by atoms with Crippen molar-refractivity contribution in [3.63, 3.8) is 0 Å². The molecule has 24 heavy (non-hydrogen) atoms. The van der Waals surface area contributed by atoms with Gasteiger partial charge >= 0.3 is 6.18 Å². The molecule has 0 bridgehead atoms. The summed E-state index contributed by atoms with van der Waals surface area (Å²) in [6, 6.07) is 11.5. The van der Waals surface area contributed by atoms with Gasteiger partial charge < -0.3 is 14.6 Å². The van der Waals surface area contributed by atoms with E-state index < -0.39 is 16.4 Å². The first kappa shape index (κ1) is 16.4. The number of benzene rings is 2. The molecule has 4 nitrogen and oxygen atoms in total. The lowest BCUT2D eigenvalue weighted by molar-refractivity contribution is -0.800. The van der Waals surface area contributed by atoms with Crippen LogP contribution in [0.2, 0.25) is 0 Å². The van der Waals surface area contributed by atoms with E-state index in [1.165, 1.54) is 18.3 Å². The van der Waals surface area contributed by atoms with Crippen molar-refractivity contribution in [1.82, 2.24) is 0 Å². The Bertz CT molecular complexity index is 755. The molecule has 0 N–H and O–H groups in total. The highest BCUT2D eigenvalue weighted by atomic mass is 19.4. The quantitative estimate of drug-likeness (QED) is 0.602. The fraction of sp³-hybridized carbons (Fsp3) is 0.176. The summed E-state index contributed by atoms with van der Waals surface area (Å²) >= 11 is 0. The van der Waals surface area contributed by atoms with E-state index in [-0.39, 0.29) is 12.4 Å². The van der Waals surface area contributed by atoms with Crippen molar-refractivity contribution in [2.24, 2.45) is 0 Å². The molecule has 0 aromatic heterocycles. The zero-order valence-electron chi connectivity index (χ0n) is 12.8. The number of halogens is 3. The summed E-state index contributed by atoms with van der Waals surface area (Å²) in [5.41, 5.74) is 0.0478. The summed E-state index contributed by atoms with van der Waals surface area (Å²) in [5, 5.41) is 11.8. The largest absolute Gasteiger partial charge is 0.627 e. The normalized spacial score (nSPS) is 20.5. The number of rotatable bonds is 3. The molecule has 0 aliphatic carbocycles. The fourth-order valence-corrected chi connectivity index (χ4v) is 2.36. The average Bonchev–Trinajstić information content (AvgIpc) is 2.88. The SMILES string of the molecule is C[N+]1([O-])C=CN(c2ccc(Oc3cccc(C(F)(F)F)c3)cc2)C1. The summed E-state index contributed by atoms with van der Waals surface area (Å²) in [6.45, 7) is 0.272. The van der Waals surface area contributed by atoms with Gasteiger partial charge in [-0.2, -0.15) is 13.2 Å². The Morgan fingerprint density at radius 3 is 2.38 bits per heavy atom. The summed E-state index contributed by atoms with van der Waals surface area (Å²) in [4.78, 5) is 1.79. The van der Waals surface area contributed by atoms with E-state index in [1.54, 1.807) is 42.4 Å². The lowest BCUT2D eigenvalue weighted by atomic mass is 10.2. The maximum absolute atomic E-state index is 12.7. The summed E-state index contributed by atoms with van der Waals surface area (Å²) in [5.74, 6) is 0.531. The van der Waals surface area contributed by atoms with Gasteiger partial charge in [-0.1, -0.05) is 6.07 Å². The summed E-state index contributed by atoms with van der Waals surface area (Å²) in [7, 11) is 1.54. The monoisotopic (exact) mass is 336 g/mol. The number of ether oxygens (including phenoxy) is 1. The lowest BCUT2D eigenvalue weighted by Gasteiger charge is -2.31. The molecule has 2 aromatic rings. The standard InChI is InChI=1S/C17H15F3N2O2/c1-22(23)10-9-21(12-22)14-5-7-15(8-6-14)24-16-4-2-3-13(11-16)17(18,19)20/h2-11H,12H2,1H3. The molecule has 0 spiro atoms. The van der Waals surface area contributed by atoms with Crippen LogP contribution in [0.3, 0.4) is 0 Å². The minimum Gasteiger partial charge on any atom is -0.627 e. The Labute approximate surface area is 137 Å². The lowest BCUT2D eigenvalue weighted by Crippen LogP contribution is -2.34. The van der Waals surface area contributed by atoms with Crippen LogP contribution in [0.15, 0.2) is 60.9 Å². The van der Waals surface area contributed by atoms with E-state index in [2.05, 4.69) is 0 Å². The second kappa shape index (κ2) is 5.85. The van der Waals surface area contributed by atoms with Crippen LogP contribution in [0, 0.1) is 5.21 Å². The number of anilines is 1. The first-order valence-electron chi connectivity index (χ1n) is 7.20. The Balaban J connectivity index is 1.72. The van der Waals surface area contributed by atoms with Crippen LogP contribution in [0.5, 0.6) is 11.5 Å². The van der Waals surface area contributed by atoms with Crippen molar-refractivity contribution in [2.45, 2.75) is 6.18 Å². The average molecular weight is 336 g/mol. The molecule has 0 radical (unpaired) electrons. The van der Waals surface area contributed by atoms with Gasteiger partial charge in [-0.05, 0) is 42.5 Å². The number of hydroxylamine groups is 3. The highest BCUT2D eigenvalue weighted by Gasteiger charge is 2.30. The zero-order valence-corrected chi connectivity index (χ0v) is 12.8. The molecule has 1 aliphatic heterocycles. The maximum atomic E-state index is 12.7. The molecule has 7 heteroatoms. The highest BCUT2D eigenvalue weighted by molar-refractivity contribution is 5.52. The van der Waals surface area contributed by atoms with Gasteiger partial charge in [0.25, 0.3) is 0 Å². The Kier molecular flexibility index (Phi) is 3.98. The first-order chi connectivity index (χ1) is 11.2. The van der Waals surface area contributed by atoms with Crippen LogP contribution >= 0.6 is 0 Å². The van der Waals surface area contributed by atoms with Crippen molar-refractivity contribution in [2.75, 3.05) is 18.6 Å². The van der Waals surface area contributed by atoms with Crippen LogP contribution < -0.4 is 9.64 Å². The molecule has 1 atom stereocenters. The molecular formula is C17H15F3N2O2. The molecule has 126 valence electrons. The maximum Gasteiger partial charge on any atom is 0.416 e. The van der Waals surface area contributed by atoms with Crippen molar-refractivity contribution in [1.29, 1.82) is 0 Å². The molecule has 0 saturated carbocycles. The molecule has 1 heterocycles. The van der Waals surface area contributed by atoms with Gasteiger partial charge in [-0.3, -0.25) is 4.90 Å². The predicted octanol–water partition coefficient (Wildman–Crippen LogP) is 4.69. The van der Waals surface area contributed by atoms with Crippen LogP contribution in [-0.4, -0.2) is 18.4 Å². The Morgan fingerprint density at radius 1 is 1.08 bits per heavy atom. The summed E-state index contributed by atoms with van der Waals surface area (Å²) < 4.78 is 43.1. The van der Waals surface area contributed by atoms with Crippen molar-refractivity contribution < 1.29 is 22.6 Å². The van der Waals surface area contributed by atoms with E-state index in [1.807, 2.05) is 0 Å². The molecular weight excluding hydrogens is 321 g/mol. The molecule has 2 aromatic carbocycles. The van der Waals surface area contributed by atoms with Gasteiger partial charge in [0.2, 0.25) is 0 Å². The third kappa shape index (κ3) is 3.69. The van der Waals surface area contributed by atoms with Crippen LogP contribution in [0.25, 0.3) is 0 Å². The molecule has 0 saturated heterocycles. The van der Waals surface area contributed by atoms with E-state index in [4.69, 9.17) is 4.74 Å². The molecule has 3 rings (SSSR count). The first-order valence-corrected chi connectivity index (χ1v) is 7.20. The van der Waals surface area contributed by atoms with Gasteiger partial charge in [-0.15, -0.1) is 0 Å². The Hall–Kier alpha value is -2.51. The molecule has 1 aliphatic rings. The van der Waals surface area contributed by atoms with Crippen molar-refractivity contribution in [3.05, 3.63) is 71.7 Å². The van der Waals surface area contributed by atoms with Gasteiger partial charge in [-0.25, -0.2) is 0 Å². The van der Waals surface area contributed by atoms with Crippen LogP contribution in [0.4, 0.5) is 18.9 Å². The Morgan fingerprint density at radius 2 is 1.79 bits per heavy atom. The van der Waals surface area contributed by atoms with Crippen LogP contribution in [-0.2, 0) is 6.18 Å². The number of nitrogens with zero attached hydrogens (tertiary/aromatic N) is 2. The number of hydrogen-bond acceptors (Lipinski definition) is 3. The van der Waals surface area contributed by atoms with Gasteiger partial charge in [0.15, 0.2) is 6.67 Å². The smallest absolute Gasteiger partial charge is 0.416 e. The van der Waals surface area contributed by atoms with Gasteiger partial charge in [0.05, 0.1) is 18.8 Å². The minimum absolute atomic E-state index is 0.113. The number of hydrogen-bond donors (Lipinski definition) is 0. The minimum atomic E-state index is -4.41. The van der Waals surface area contributed by atoms with E-state index in [0.717, 1.165) is 17.8 Å². The topological polar surface area (TPSA) is 35.5 Å². The van der Waals surface area contributed by atoms with Crippen molar-refractivity contribution in [3.8, 4) is 11.5 Å². The van der Waals surface area contributed by atoms with E-state index in [0.29, 0.717) is 5.75 Å². The number of alkyl halides is 3. The second-order valence-electron chi connectivity index (χ2n) is 5.70. The van der Waals surface area contributed by atoms with E-state index in [9.17, 15) is 18.4 Å². The second-order valence-corrected chi connectivity index (χ2v) is 5.70. The van der Waals surface area contributed by atoms with Crippen molar-refractivity contribution >= 4 is 5.69 Å².